The van der Waals surface area contributed by atoms with Crippen LogP contribution >= 0.6 is 11.6 Å². The van der Waals surface area contributed by atoms with Crippen molar-refractivity contribution in [2.24, 2.45) is 5.92 Å². The number of likely N-dealkylation sites (tertiary alicyclic amines) is 1. The number of aromatic nitrogens is 2. The summed E-state index contributed by atoms with van der Waals surface area (Å²) in [5.74, 6) is -0.139. The Hall–Kier alpha value is -2.41. The fraction of sp³-hybridized carbons (Fsp3) is 0.412. The van der Waals surface area contributed by atoms with Gasteiger partial charge < -0.3 is 14.1 Å². The third kappa shape index (κ3) is 4.36. The highest BCUT2D eigenvalue weighted by Crippen LogP contribution is 2.21. The fourth-order valence-corrected chi connectivity index (χ4v) is 2.90. The highest BCUT2D eigenvalue weighted by Gasteiger charge is 2.30. The molecule has 0 saturated carbocycles. The van der Waals surface area contributed by atoms with Gasteiger partial charge >= 0.3 is 5.97 Å². The summed E-state index contributed by atoms with van der Waals surface area (Å²) in [6, 6.07) is 6.72. The van der Waals surface area contributed by atoms with Crippen LogP contribution in [0.15, 0.2) is 28.7 Å². The molecule has 1 amide bonds. The third-order valence-electron chi connectivity index (χ3n) is 4.04. The first kappa shape index (κ1) is 17.4. The molecule has 2 heterocycles. The first-order valence-electron chi connectivity index (χ1n) is 8.03. The van der Waals surface area contributed by atoms with Crippen molar-refractivity contribution in [2.75, 3.05) is 13.1 Å². The van der Waals surface area contributed by atoms with Crippen molar-refractivity contribution < 1.29 is 18.7 Å². The Bertz CT molecular complexity index is 760. The van der Waals surface area contributed by atoms with Crippen LogP contribution in [0.1, 0.15) is 35.0 Å². The van der Waals surface area contributed by atoms with Crippen LogP contribution in [0.25, 0.3) is 0 Å². The van der Waals surface area contributed by atoms with E-state index in [-0.39, 0.29) is 30.3 Å². The van der Waals surface area contributed by atoms with Gasteiger partial charge in [-0.05, 0) is 37.1 Å². The normalized spacial score (nSPS) is 17.4. The van der Waals surface area contributed by atoms with E-state index in [1.54, 1.807) is 36.1 Å². The van der Waals surface area contributed by atoms with Crippen LogP contribution in [0.4, 0.5) is 0 Å². The van der Waals surface area contributed by atoms with Crippen molar-refractivity contribution in [3.8, 4) is 0 Å². The second-order valence-corrected chi connectivity index (χ2v) is 6.36. The van der Waals surface area contributed by atoms with Crippen LogP contribution in [0, 0.1) is 12.8 Å². The monoisotopic (exact) mass is 363 g/mol. The topological polar surface area (TPSA) is 85.5 Å². The van der Waals surface area contributed by atoms with Crippen LogP contribution in [0.5, 0.6) is 0 Å². The molecule has 1 unspecified atom stereocenters. The number of halogens is 1. The lowest BCUT2D eigenvalue weighted by Crippen LogP contribution is -2.42. The van der Waals surface area contributed by atoms with E-state index in [0.717, 1.165) is 6.42 Å². The average molecular weight is 364 g/mol. The number of aryl methyl sites for hydroxylation is 1. The number of hydrogen-bond acceptors (Lipinski definition) is 6. The molecular weight excluding hydrogens is 346 g/mol. The van der Waals surface area contributed by atoms with Gasteiger partial charge in [0.05, 0.1) is 5.92 Å². The molecule has 8 heteroatoms. The van der Waals surface area contributed by atoms with Crippen molar-refractivity contribution in [3.63, 3.8) is 0 Å². The van der Waals surface area contributed by atoms with Gasteiger partial charge in [0.1, 0.15) is 0 Å². The van der Waals surface area contributed by atoms with Crippen molar-refractivity contribution in [1.82, 2.24) is 15.1 Å². The van der Waals surface area contributed by atoms with Crippen molar-refractivity contribution in [3.05, 3.63) is 46.6 Å². The standard InChI is InChI=1S/C17H18ClN3O4/c1-11-19-20-15(25-11)10-24-17(23)13-3-2-8-21(9-13)16(22)12-4-6-14(18)7-5-12/h4-7,13H,2-3,8-10H2,1H3. The largest absolute Gasteiger partial charge is 0.455 e. The van der Waals surface area contributed by atoms with E-state index in [2.05, 4.69) is 10.2 Å². The van der Waals surface area contributed by atoms with Gasteiger partial charge in [-0.15, -0.1) is 10.2 Å². The van der Waals surface area contributed by atoms with E-state index in [9.17, 15) is 9.59 Å². The molecule has 3 rings (SSSR count). The Labute approximate surface area is 149 Å². The number of ether oxygens (including phenoxy) is 1. The molecule has 1 aliphatic rings. The number of hydrogen-bond donors (Lipinski definition) is 0. The van der Waals surface area contributed by atoms with Crippen molar-refractivity contribution >= 4 is 23.5 Å². The van der Waals surface area contributed by atoms with Gasteiger partial charge in [0.15, 0.2) is 6.61 Å². The van der Waals surface area contributed by atoms with E-state index >= 15 is 0 Å². The van der Waals surface area contributed by atoms with E-state index in [4.69, 9.17) is 20.8 Å². The molecule has 2 aromatic rings. The van der Waals surface area contributed by atoms with E-state index < -0.39 is 0 Å². The number of esters is 1. The van der Waals surface area contributed by atoms with Crippen molar-refractivity contribution in [2.45, 2.75) is 26.4 Å². The predicted octanol–water partition coefficient (Wildman–Crippen LogP) is 2.63. The number of carbonyl (C=O) groups excluding carboxylic acids is 2. The molecule has 0 N–H and O–H groups in total. The summed E-state index contributed by atoms with van der Waals surface area (Å²) in [4.78, 5) is 26.5. The van der Waals surface area contributed by atoms with E-state index in [1.807, 2.05) is 0 Å². The number of carbonyl (C=O) groups is 2. The van der Waals surface area contributed by atoms with Crippen LogP contribution in [-0.4, -0.2) is 40.1 Å². The van der Waals surface area contributed by atoms with Gasteiger partial charge in [0.2, 0.25) is 5.89 Å². The minimum Gasteiger partial charge on any atom is -0.455 e. The Kier molecular flexibility index (Phi) is 5.33. The molecular formula is C17H18ClN3O4. The Morgan fingerprint density at radius 1 is 1.32 bits per heavy atom. The molecule has 7 nitrogen and oxygen atoms in total. The minimum atomic E-state index is -0.357. The number of nitrogens with zero attached hydrogens (tertiary/aromatic N) is 3. The van der Waals surface area contributed by atoms with Crippen LogP contribution in [0.3, 0.4) is 0 Å². The van der Waals surface area contributed by atoms with E-state index in [0.29, 0.717) is 36.0 Å². The summed E-state index contributed by atoms with van der Waals surface area (Å²) >= 11 is 5.85. The maximum Gasteiger partial charge on any atom is 0.311 e. The van der Waals surface area contributed by atoms with Gasteiger partial charge in [-0.25, -0.2) is 0 Å². The Balaban J connectivity index is 1.57. The first-order chi connectivity index (χ1) is 12.0. The average Bonchev–Trinajstić information content (AvgIpc) is 3.05. The zero-order valence-electron chi connectivity index (χ0n) is 13.8. The smallest absolute Gasteiger partial charge is 0.311 e. The maximum atomic E-state index is 12.6. The number of benzene rings is 1. The molecule has 1 aliphatic heterocycles. The first-order valence-corrected chi connectivity index (χ1v) is 8.41. The molecule has 0 bridgehead atoms. The fourth-order valence-electron chi connectivity index (χ4n) is 2.78. The molecule has 1 atom stereocenters. The number of rotatable bonds is 4. The minimum absolute atomic E-state index is 0.0543. The summed E-state index contributed by atoms with van der Waals surface area (Å²) in [5.41, 5.74) is 0.555. The summed E-state index contributed by atoms with van der Waals surface area (Å²) in [6.45, 7) is 2.57. The van der Waals surface area contributed by atoms with E-state index in [1.165, 1.54) is 0 Å². The molecule has 0 aliphatic carbocycles. The molecule has 1 fully saturated rings. The molecule has 25 heavy (non-hydrogen) atoms. The summed E-state index contributed by atoms with van der Waals surface area (Å²) in [6.07, 6.45) is 1.44. The summed E-state index contributed by atoms with van der Waals surface area (Å²) in [7, 11) is 0. The highest BCUT2D eigenvalue weighted by atomic mass is 35.5. The maximum absolute atomic E-state index is 12.6. The number of amides is 1. The van der Waals surface area contributed by atoms with Gasteiger partial charge in [0.25, 0.3) is 11.8 Å². The quantitative estimate of drug-likeness (QED) is 0.776. The molecule has 1 saturated heterocycles. The summed E-state index contributed by atoms with van der Waals surface area (Å²) in [5, 5.41) is 8.04. The van der Waals surface area contributed by atoms with Gasteiger partial charge in [-0.2, -0.15) is 0 Å². The molecule has 1 aromatic carbocycles. The Morgan fingerprint density at radius 2 is 2.08 bits per heavy atom. The lowest BCUT2D eigenvalue weighted by atomic mass is 9.97. The van der Waals surface area contributed by atoms with Crippen LogP contribution in [0.2, 0.25) is 5.02 Å². The van der Waals surface area contributed by atoms with Crippen LogP contribution < -0.4 is 0 Å². The predicted molar refractivity (Wildman–Crippen MR) is 88.9 cm³/mol. The molecule has 0 spiro atoms. The molecule has 132 valence electrons. The summed E-state index contributed by atoms with van der Waals surface area (Å²) < 4.78 is 10.4. The zero-order chi connectivity index (χ0) is 17.8. The highest BCUT2D eigenvalue weighted by molar-refractivity contribution is 6.30. The molecule has 0 radical (unpaired) electrons. The number of piperidine rings is 1. The zero-order valence-corrected chi connectivity index (χ0v) is 14.5. The lowest BCUT2D eigenvalue weighted by Gasteiger charge is -2.31. The van der Waals surface area contributed by atoms with Gasteiger partial charge in [0, 0.05) is 30.6 Å². The molecule has 1 aromatic heterocycles. The van der Waals surface area contributed by atoms with Crippen LogP contribution in [-0.2, 0) is 16.1 Å². The van der Waals surface area contributed by atoms with Crippen molar-refractivity contribution in [1.29, 1.82) is 0 Å². The second kappa shape index (κ2) is 7.65. The third-order valence-corrected chi connectivity index (χ3v) is 4.29. The van der Waals surface area contributed by atoms with Gasteiger partial charge in [-0.3, -0.25) is 9.59 Å². The SMILES string of the molecule is Cc1nnc(COC(=O)C2CCCN(C(=O)c3ccc(Cl)cc3)C2)o1. The Morgan fingerprint density at radius 3 is 2.76 bits per heavy atom. The second-order valence-electron chi connectivity index (χ2n) is 5.92. The van der Waals surface area contributed by atoms with Gasteiger partial charge in [-0.1, -0.05) is 11.6 Å². The lowest BCUT2D eigenvalue weighted by molar-refractivity contribution is -0.152.